The predicted molar refractivity (Wildman–Crippen MR) is 258 cm³/mol. The van der Waals surface area contributed by atoms with Crippen molar-refractivity contribution in [2.75, 3.05) is 0 Å². The lowest BCUT2D eigenvalue weighted by molar-refractivity contribution is 0.670. The molecule has 0 saturated heterocycles. The van der Waals surface area contributed by atoms with Gasteiger partial charge in [-0.05, 0) is 66.2 Å². The molecule has 294 valence electrons. The second kappa shape index (κ2) is 14.0. The van der Waals surface area contributed by atoms with Crippen LogP contribution < -0.4 is 0 Å². The van der Waals surface area contributed by atoms with Crippen LogP contribution in [0.2, 0.25) is 0 Å². The topological polar surface area (TPSA) is 61.7 Å². The van der Waals surface area contributed by atoms with E-state index in [9.17, 15) is 0 Å². The zero-order chi connectivity index (χ0) is 41.4. The second-order valence-electron chi connectivity index (χ2n) is 16.0. The summed E-state index contributed by atoms with van der Waals surface area (Å²) in [4.78, 5) is 15.5. The summed E-state index contributed by atoms with van der Waals surface area (Å²) in [5.74, 6) is 1.77. The van der Waals surface area contributed by atoms with E-state index < -0.39 is 0 Å². The third-order valence-corrected chi connectivity index (χ3v) is 12.4. The molecule has 0 atom stereocenters. The van der Waals surface area contributed by atoms with E-state index in [1.54, 1.807) is 0 Å². The molecule has 6 nitrogen and oxygen atoms in total. The van der Waals surface area contributed by atoms with Crippen LogP contribution in [0, 0.1) is 0 Å². The third-order valence-electron chi connectivity index (χ3n) is 12.4. The molecule has 0 radical (unpaired) electrons. The lowest BCUT2D eigenvalue weighted by Gasteiger charge is -2.11. The van der Waals surface area contributed by atoms with E-state index in [0.29, 0.717) is 17.5 Å². The van der Waals surface area contributed by atoms with Gasteiger partial charge < -0.3 is 13.6 Å². The van der Waals surface area contributed by atoms with Crippen LogP contribution in [0.25, 0.3) is 122 Å². The molecule has 0 bridgehead atoms. The molecule has 4 heterocycles. The van der Waals surface area contributed by atoms with Crippen LogP contribution >= 0.6 is 0 Å². The highest BCUT2D eigenvalue weighted by molar-refractivity contribution is 6.14. The van der Waals surface area contributed by atoms with E-state index in [-0.39, 0.29) is 0 Å². The maximum Gasteiger partial charge on any atom is 0.164 e. The Bertz CT molecular complexity index is 3850. The Labute approximate surface area is 361 Å². The van der Waals surface area contributed by atoms with Crippen molar-refractivity contribution >= 4 is 65.6 Å². The maximum atomic E-state index is 6.93. The zero-order valence-corrected chi connectivity index (χ0v) is 33.9. The lowest BCUT2D eigenvalue weighted by atomic mass is 10.0. The van der Waals surface area contributed by atoms with E-state index in [0.717, 1.165) is 83.2 Å². The van der Waals surface area contributed by atoms with Gasteiger partial charge in [0.15, 0.2) is 17.5 Å². The molecule has 4 aromatic heterocycles. The molecule has 0 saturated carbocycles. The Balaban J connectivity index is 1.01. The Morgan fingerprint density at radius 1 is 0.302 bits per heavy atom. The fourth-order valence-corrected chi connectivity index (χ4v) is 9.48. The smallest absolute Gasteiger partial charge is 0.164 e. The minimum Gasteiger partial charge on any atom is -0.455 e. The van der Waals surface area contributed by atoms with Crippen molar-refractivity contribution in [3.8, 4) is 56.7 Å². The normalized spacial score (nSPS) is 11.8. The van der Waals surface area contributed by atoms with Crippen molar-refractivity contribution in [2.45, 2.75) is 0 Å². The van der Waals surface area contributed by atoms with Crippen molar-refractivity contribution in [1.29, 1.82) is 0 Å². The molecule has 0 aliphatic rings. The summed E-state index contributed by atoms with van der Waals surface area (Å²) in [7, 11) is 0. The van der Waals surface area contributed by atoms with Crippen LogP contribution in [0.15, 0.2) is 217 Å². The summed E-state index contributed by atoms with van der Waals surface area (Å²) in [6.45, 7) is 0. The van der Waals surface area contributed by atoms with Gasteiger partial charge in [-0.15, -0.1) is 0 Å². The lowest BCUT2D eigenvalue weighted by Crippen LogP contribution is -2.00. The van der Waals surface area contributed by atoms with Crippen LogP contribution in [0.5, 0.6) is 0 Å². The van der Waals surface area contributed by atoms with E-state index in [1.165, 1.54) is 21.5 Å². The molecular weight excluding hydrogens is 771 g/mol. The van der Waals surface area contributed by atoms with Crippen LogP contribution in [-0.4, -0.2) is 24.1 Å². The SMILES string of the molecule is c1ccc(-c2nc(-c3ccc4c(c3)oc3c(-c5ccccc5)cc(-n5c6ccccc6c6ccccc65)cc34)nc(-c3ccc4c5ccccc5n(-c5ccccc5)c4c3)n2)cc1. The Morgan fingerprint density at radius 2 is 0.762 bits per heavy atom. The average molecular weight is 806 g/mol. The van der Waals surface area contributed by atoms with Crippen molar-refractivity contribution in [3.63, 3.8) is 0 Å². The molecule has 0 aliphatic carbocycles. The van der Waals surface area contributed by atoms with E-state index >= 15 is 0 Å². The number of para-hydroxylation sites is 4. The molecule has 6 heteroatoms. The van der Waals surface area contributed by atoms with E-state index in [2.05, 4.69) is 191 Å². The number of fused-ring (bicyclic) bond motifs is 9. The van der Waals surface area contributed by atoms with Gasteiger partial charge in [-0.2, -0.15) is 0 Å². The van der Waals surface area contributed by atoms with Crippen LogP contribution in [0.4, 0.5) is 0 Å². The Kier molecular flexibility index (Phi) is 7.80. The van der Waals surface area contributed by atoms with Crippen molar-refractivity contribution in [1.82, 2.24) is 24.1 Å². The third kappa shape index (κ3) is 5.62. The highest BCUT2D eigenvalue weighted by Gasteiger charge is 2.21. The number of furan rings is 1. The fourth-order valence-electron chi connectivity index (χ4n) is 9.48. The number of hydrogen-bond donors (Lipinski definition) is 0. The molecule has 0 amide bonds. The quantitative estimate of drug-likeness (QED) is 0.168. The number of rotatable bonds is 6. The van der Waals surface area contributed by atoms with Gasteiger partial charge >= 0.3 is 0 Å². The van der Waals surface area contributed by atoms with E-state index in [4.69, 9.17) is 19.4 Å². The van der Waals surface area contributed by atoms with Gasteiger partial charge in [-0.3, -0.25) is 0 Å². The molecule has 0 spiro atoms. The van der Waals surface area contributed by atoms with Gasteiger partial charge in [0.2, 0.25) is 0 Å². The molecule has 0 fully saturated rings. The van der Waals surface area contributed by atoms with Crippen molar-refractivity contribution in [2.24, 2.45) is 0 Å². The molecule has 0 N–H and O–H groups in total. The molecule has 9 aromatic carbocycles. The standard InChI is InChI=1S/C57H35N5O/c1-4-16-36(17-5-1)47-34-41(62-50-26-14-10-22-42(50)43-23-11-15-27-51(43)62)35-48-46-31-29-39(33-53(46)63-54(47)48)57-59-55(37-18-6-2-7-19-37)58-56(60-57)38-28-30-45-44-24-12-13-25-49(44)61(52(45)32-38)40-20-8-3-9-21-40/h1-35H. The molecule has 63 heavy (non-hydrogen) atoms. The average Bonchev–Trinajstić information content (AvgIpc) is 4.01. The van der Waals surface area contributed by atoms with Crippen LogP contribution in [-0.2, 0) is 0 Å². The first-order valence-corrected chi connectivity index (χ1v) is 21.2. The number of nitrogens with zero attached hydrogens (tertiary/aromatic N) is 5. The molecule has 13 rings (SSSR count). The van der Waals surface area contributed by atoms with E-state index in [1.807, 2.05) is 30.3 Å². The summed E-state index contributed by atoms with van der Waals surface area (Å²) < 4.78 is 11.6. The van der Waals surface area contributed by atoms with Crippen molar-refractivity contribution < 1.29 is 4.42 Å². The monoisotopic (exact) mass is 805 g/mol. The second-order valence-corrected chi connectivity index (χ2v) is 16.0. The number of benzene rings is 9. The minimum atomic E-state index is 0.569. The maximum absolute atomic E-state index is 6.93. The molecule has 0 unspecified atom stereocenters. The highest BCUT2D eigenvalue weighted by Crippen LogP contribution is 2.42. The summed E-state index contributed by atoms with van der Waals surface area (Å²) in [5, 5.41) is 6.87. The van der Waals surface area contributed by atoms with Crippen molar-refractivity contribution in [3.05, 3.63) is 212 Å². The van der Waals surface area contributed by atoms with Crippen LogP contribution in [0.3, 0.4) is 0 Å². The first-order chi connectivity index (χ1) is 31.2. The highest BCUT2D eigenvalue weighted by atomic mass is 16.3. The number of aromatic nitrogens is 5. The van der Waals surface area contributed by atoms with Gasteiger partial charge in [-0.1, -0.05) is 152 Å². The summed E-state index contributed by atoms with van der Waals surface area (Å²) >= 11 is 0. The first kappa shape index (κ1) is 35.2. The Hall–Kier alpha value is -8.61. The van der Waals surface area contributed by atoms with Gasteiger partial charge in [0.05, 0.1) is 22.1 Å². The van der Waals surface area contributed by atoms with Gasteiger partial charge in [-0.25, -0.2) is 15.0 Å². The summed E-state index contributed by atoms with van der Waals surface area (Å²) in [6, 6.07) is 74.4. The van der Waals surface area contributed by atoms with Gasteiger partial charge in [0.1, 0.15) is 11.2 Å². The van der Waals surface area contributed by atoms with Gasteiger partial charge in [0.25, 0.3) is 0 Å². The largest absolute Gasteiger partial charge is 0.455 e. The first-order valence-electron chi connectivity index (χ1n) is 21.2. The summed E-state index contributed by atoms with van der Waals surface area (Å²) in [6.07, 6.45) is 0. The van der Waals surface area contributed by atoms with Gasteiger partial charge in [0, 0.05) is 65.9 Å². The number of hydrogen-bond acceptors (Lipinski definition) is 4. The fraction of sp³-hybridized carbons (Fsp3) is 0. The van der Waals surface area contributed by atoms with Crippen LogP contribution in [0.1, 0.15) is 0 Å². The molecule has 0 aliphatic heterocycles. The minimum absolute atomic E-state index is 0.569. The Morgan fingerprint density at radius 3 is 1.37 bits per heavy atom. The molecular formula is C57H35N5O. The zero-order valence-electron chi connectivity index (χ0n) is 33.9. The summed E-state index contributed by atoms with van der Waals surface area (Å²) in [5.41, 5.74) is 13.1. The predicted octanol–water partition coefficient (Wildman–Crippen LogP) is 14.6. The molecule has 13 aromatic rings.